The number of nitrogens with one attached hydrogen (secondary N) is 2. The van der Waals surface area contributed by atoms with Crippen molar-refractivity contribution in [3.63, 3.8) is 0 Å². The van der Waals surface area contributed by atoms with Crippen LogP contribution in [0.5, 0.6) is 11.5 Å². The van der Waals surface area contributed by atoms with Crippen LogP contribution in [0.25, 0.3) is 0 Å². The molecule has 0 fully saturated rings. The Bertz CT molecular complexity index is 773. The van der Waals surface area contributed by atoms with E-state index in [1.54, 1.807) is 42.5 Å². The molecule has 1 aliphatic heterocycles. The normalized spacial score (nSPS) is 16.0. The lowest BCUT2D eigenvalue weighted by atomic mass is 10.1. The number of aryl methyl sites for hydroxylation is 1. The first-order valence-electron chi connectivity index (χ1n) is 7.19. The monoisotopic (exact) mass is 312 g/mol. The van der Waals surface area contributed by atoms with Gasteiger partial charge in [0.1, 0.15) is 11.5 Å². The first kappa shape index (κ1) is 14.9. The average molecular weight is 312 g/mol. The Kier molecular flexibility index (Phi) is 3.89. The molecule has 0 saturated carbocycles. The summed E-state index contributed by atoms with van der Waals surface area (Å²) in [4.78, 5) is 24.1. The Labute approximate surface area is 133 Å². The maximum Gasteiger partial charge on any atom is 0.266 e. The second-order valence-corrected chi connectivity index (χ2v) is 5.36. The van der Waals surface area contributed by atoms with Crippen LogP contribution in [0.1, 0.15) is 12.0 Å². The van der Waals surface area contributed by atoms with Crippen molar-refractivity contribution in [3.8, 4) is 11.5 Å². The molecule has 0 saturated heterocycles. The van der Waals surface area contributed by atoms with Crippen molar-refractivity contribution in [3.05, 3.63) is 48.0 Å². The Morgan fingerprint density at radius 1 is 1.30 bits per heavy atom. The molecule has 0 bridgehead atoms. The Balaban J connectivity index is 1.67. The van der Waals surface area contributed by atoms with Gasteiger partial charge in [-0.15, -0.1) is 0 Å². The van der Waals surface area contributed by atoms with Gasteiger partial charge in [-0.1, -0.05) is 18.2 Å². The fourth-order valence-electron chi connectivity index (χ4n) is 2.34. The van der Waals surface area contributed by atoms with Gasteiger partial charge in [0.15, 0.2) is 6.10 Å². The van der Waals surface area contributed by atoms with Crippen LogP contribution in [0.3, 0.4) is 0 Å². The standard InChI is InChI=1S/C17H16N2O4/c1-10-6-7-11(13(20)8-10)18-16(21)9-15-17(22)19-12-4-2-3-5-14(12)23-15/h2-8,15,20H,9H2,1H3,(H,18,21)(H,19,22)/t15-/m1/s1. The van der Waals surface area contributed by atoms with Crippen molar-refractivity contribution >= 4 is 23.2 Å². The number of amides is 2. The fraction of sp³-hybridized carbons (Fsp3) is 0.176. The van der Waals surface area contributed by atoms with E-state index in [1.807, 2.05) is 6.92 Å². The molecule has 2 aromatic carbocycles. The molecule has 1 aliphatic rings. The lowest BCUT2D eigenvalue weighted by Crippen LogP contribution is -2.39. The first-order chi connectivity index (χ1) is 11.0. The third-order valence-corrected chi connectivity index (χ3v) is 3.50. The minimum absolute atomic E-state index is 0.0160. The Morgan fingerprint density at radius 2 is 2.09 bits per heavy atom. The van der Waals surface area contributed by atoms with E-state index in [2.05, 4.69) is 10.6 Å². The van der Waals surface area contributed by atoms with Gasteiger partial charge in [0.2, 0.25) is 5.91 Å². The summed E-state index contributed by atoms with van der Waals surface area (Å²) in [5.74, 6) is -0.267. The maximum absolute atomic E-state index is 12.1. The van der Waals surface area contributed by atoms with E-state index in [0.717, 1.165) is 5.56 Å². The highest BCUT2D eigenvalue weighted by molar-refractivity contribution is 6.02. The van der Waals surface area contributed by atoms with E-state index < -0.39 is 12.0 Å². The number of benzene rings is 2. The molecule has 0 radical (unpaired) electrons. The number of ether oxygens (including phenoxy) is 1. The second kappa shape index (κ2) is 6.00. The lowest BCUT2D eigenvalue weighted by molar-refractivity contribution is -0.128. The average Bonchev–Trinajstić information content (AvgIpc) is 2.51. The Hall–Kier alpha value is -3.02. The van der Waals surface area contributed by atoms with Crippen LogP contribution in [0.2, 0.25) is 0 Å². The molecule has 3 rings (SSSR count). The Morgan fingerprint density at radius 3 is 2.87 bits per heavy atom. The van der Waals surface area contributed by atoms with Crippen LogP contribution in [-0.2, 0) is 9.59 Å². The van der Waals surface area contributed by atoms with Crippen LogP contribution in [0, 0.1) is 6.92 Å². The predicted octanol–water partition coefficient (Wildman–Crippen LogP) is 2.43. The smallest absolute Gasteiger partial charge is 0.266 e. The van der Waals surface area contributed by atoms with Gasteiger partial charge in [-0.05, 0) is 36.8 Å². The summed E-state index contributed by atoms with van der Waals surface area (Å²) < 4.78 is 5.57. The summed E-state index contributed by atoms with van der Waals surface area (Å²) >= 11 is 0. The number of phenolic OH excluding ortho intramolecular Hbond substituents is 1. The molecule has 6 nitrogen and oxygen atoms in total. The number of phenols is 1. The number of hydrogen-bond donors (Lipinski definition) is 3. The summed E-state index contributed by atoms with van der Waals surface area (Å²) in [5.41, 5.74) is 1.77. The van der Waals surface area contributed by atoms with Gasteiger partial charge in [0, 0.05) is 0 Å². The molecule has 0 spiro atoms. The third kappa shape index (κ3) is 3.26. The van der Waals surface area contributed by atoms with Gasteiger partial charge in [-0.2, -0.15) is 0 Å². The number of fused-ring (bicyclic) bond motifs is 1. The van der Waals surface area contributed by atoms with Crippen molar-refractivity contribution in [2.75, 3.05) is 10.6 Å². The van der Waals surface area contributed by atoms with Crippen LogP contribution in [0.15, 0.2) is 42.5 Å². The second-order valence-electron chi connectivity index (χ2n) is 5.36. The maximum atomic E-state index is 12.1. The minimum atomic E-state index is -0.905. The molecular formula is C17H16N2O4. The van der Waals surface area contributed by atoms with E-state index in [1.165, 1.54) is 0 Å². The summed E-state index contributed by atoms with van der Waals surface area (Å²) in [6.45, 7) is 1.84. The van der Waals surface area contributed by atoms with Gasteiger partial charge in [0.25, 0.3) is 5.91 Å². The quantitative estimate of drug-likeness (QED) is 0.760. The summed E-state index contributed by atoms with van der Waals surface area (Å²) in [5, 5.41) is 15.1. The largest absolute Gasteiger partial charge is 0.506 e. The summed E-state index contributed by atoms with van der Waals surface area (Å²) in [6.07, 6.45) is -1.05. The molecule has 118 valence electrons. The zero-order chi connectivity index (χ0) is 16.4. The molecular weight excluding hydrogens is 296 g/mol. The van der Waals surface area contributed by atoms with Crippen LogP contribution in [-0.4, -0.2) is 23.0 Å². The number of carbonyl (C=O) groups excluding carboxylic acids is 2. The molecule has 6 heteroatoms. The van der Waals surface area contributed by atoms with Crippen LogP contribution in [0.4, 0.5) is 11.4 Å². The first-order valence-corrected chi connectivity index (χ1v) is 7.19. The van der Waals surface area contributed by atoms with Gasteiger partial charge in [-0.25, -0.2) is 0 Å². The van der Waals surface area contributed by atoms with Gasteiger partial charge >= 0.3 is 0 Å². The van der Waals surface area contributed by atoms with Crippen molar-refractivity contribution in [1.82, 2.24) is 0 Å². The van der Waals surface area contributed by atoms with Gasteiger partial charge in [0.05, 0.1) is 17.8 Å². The topological polar surface area (TPSA) is 87.7 Å². The predicted molar refractivity (Wildman–Crippen MR) is 85.6 cm³/mol. The highest BCUT2D eigenvalue weighted by atomic mass is 16.5. The van der Waals surface area contributed by atoms with Crippen molar-refractivity contribution in [1.29, 1.82) is 0 Å². The molecule has 23 heavy (non-hydrogen) atoms. The molecule has 1 atom stereocenters. The SMILES string of the molecule is Cc1ccc(NC(=O)C[C@H]2Oc3ccccc3NC2=O)c(O)c1. The number of carbonyl (C=O) groups is 2. The van der Waals surface area contributed by atoms with E-state index in [9.17, 15) is 14.7 Å². The molecule has 0 aliphatic carbocycles. The van der Waals surface area contributed by atoms with E-state index in [4.69, 9.17) is 4.74 Å². The summed E-state index contributed by atoms with van der Waals surface area (Å²) in [6, 6.07) is 12.0. The van der Waals surface area contributed by atoms with E-state index in [0.29, 0.717) is 17.1 Å². The molecule has 0 unspecified atom stereocenters. The van der Waals surface area contributed by atoms with Crippen molar-refractivity contribution in [2.45, 2.75) is 19.4 Å². The zero-order valence-electron chi connectivity index (χ0n) is 12.5. The van der Waals surface area contributed by atoms with Crippen LogP contribution < -0.4 is 15.4 Å². The minimum Gasteiger partial charge on any atom is -0.506 e. The molecule has 2 amide bonds. The third-order valence-electron chi connectivity index (χ3n) is 3.50. The van der Waals surface area contributed by atoms with Gasteiger partial charge in [-0.3, -0.25) is 9.59 Å². The fourth-order valence-corrected chi connectivity index (χ4v) is 2.34. The lowest BCUT2D eigenvalue weighted by Gasteiger charge is -2.25. The van der Waals surface area contributed by atoms with Crippen LogP contribution >= 0.6 is 0 Å². The van der Waals surface area contributed by atoms with E-state index in [-0.39, 0.29) is 18.1 Å². The van der Waals surface area contributed by atoms with Gasteiger partial charge < -0.3 is 20.5 Å². The number of rotatable bonds is 3. The number of aromatic hydroxyl groups is 1. The van der Waals surface area contributed by atoms with Crippen molar-refractivity contribution < 1.29 is 19.4 Å². The van der Waals surface area contributed by atoms with Crippen molar-refractivity contribution in [2.24, 2.45) is 0 Å². The highest BCUT2D eigenvalue weighted by Gasteiger charge is 2.29. The molecule has 3 N–H and O–H groups in total. The molecule has 2 aromatic rings. The zero-order valence-corrected chi connectivity index (χ0v) is 12.5. The number of anilines is 2. The number of hydrogen-bond acceptors (Lipinski definition) is 4. The molecule has 0 aromatic heterocycles. The molecule has 1 heterocycles. The van der Waals surface area contributed by atoms with E-state index >= 15 is 0 Å². The highest BCUT2D eigenvalue weighted by Crippen LogP contribution is 2.30. The number of para-hydroxylation sites is 2. The summed E-state index contributed by atoms with van der Waals surface area (Å²) in [7, 11) is 0.